The minimum absolute atomic E-state index is 0.0628. The van der Waals surface area contributed by atoms with Crippen molar-refractivity contribution in [3.05, 3.63) is 0 Å². The molecule has 0 aliphatic rings. The molecule has 0 aliphatic heterocycles. The molecule has 0 saturated carbocycles. The highest BCUT2D eigenvalue weighted by Crippen LogP contribution is 2.01. The van der Waals surface area contributed by atoms with Crippen molar-refractivity contribution >= 4 is 0 Å². The molecule has 0 aromatic rings. The fraction of sp³-hybridized carbons (Fsp3) is 1.00. The fourth-order valence-electron chi connectivity index (χ4n) is 0.528. The first-order valence-corrected chi connectivity index (χ1v) is 2.99. The normalized spacial score (nSPS) is 13.9. The summed E-state index contributed by atoms with van der Waals surface area (Å²) in [6.07, 6.45) is 1.17. The standard InChI is InChI=1S/C6H12FO/c1-6(7)4-2-3-5-8/h6H,2-5H2,1H3. The molecule has 1 atom stereocenters. The molecule has 0 aliphatic carbocycles. The summed E-state index contributed by atoms with van der Waals surface area (Å²) >= 11 is 0. The van der Waals surface area contributed by atoms with Crippen molar-refractivity contribution in [1.82, 2.24) is 0 Å². The molecule has 0 heterocycles. The van der Waals surface area contributed by atoms with Crippen LogP contribution in [0.25, 0.3) is 0 Å². The van der Waals surface area contributed by atoms with Crippen LogP contribution < -0.4 is 0 Å². The van der Waals surface area contributed by atoms with Gasteiger partial charge in [0.25, 0.3) is 0 Å². The highest BCUT2D eigenvalue weighted by atomic mass is 19.1. The second-order valence-electron chi connectivity index (χ2n) is 1.98. The maximum atomic E-state index is 11.9. The van der Waals surface area contributed by atoms with Crippen LogP contribution in [0.15, 0.2) is 0 Å². The second kappa shape index (κ2) is 5.04. The molecule has 8 heavy (non-hydrogen) atoms. The Morgan fingerprint density at radius 2 is 2.12 bits per heavy atom. The minimum Gasteiger partial charge on any atom is -0.248 e. The SMILES string of the molecule is CC(F)CCCC[O]. The Morgan fingerprint density at radius 1 is 1.50 bits per heavy atom. The first kappa shape index (κ1) is 7.89. The van der Waals surface area contributed by atoms with E-state index in [-0.39, 0.29) is 6.61 Å². The van der Waals surface area contributed by atoms with Gasteiger partial charge >= 0.3 is 0 Å². The van der Waals surface area contributed by atoms with E-state index >= 15 is 0 Å². The molecule has 0 N–H and O–H groups in total. The van der Waals surface area contributed by atoms with Gasteiger partial charge in [-0.15, -0.1) is 0 Å². The predicted octanol–water partition coefficient (Wildman–Crippen LogP) is 1.95. The van der Waals surface area contributed by atoms with E-state index in [1.165, 1.54) is 6.92 Å². The Labute approximate surface area is 49.5 Å². The zero-order valence-electron chi connectivity index (χ0n) is 5.19. The lowest BCUT2D eigenvalue weighted by Crippen LogP contribution is -1.92. The van der Waals surface area contributed by atoms with Gasteiger partial charge in [-0.2, -0.15) is 0 Å². The van der Waals surface area contributed by atoms with Crippen LogP contribution >= 0.6 is 0 Å². The lowest BCUT2D eigenvalue weighted by atomic mass is 10.2. The van der Waals surface area contributed by atoms with E-state index in [2.05, 4.69) is 0 Å². The average Bonchev–Trinajstić information content (AvgIpc) is 1.66. The largest absolute Gasteiger partial charge is 0.248 e. The average molecular weight is 119 g/mol. The highest BCUT2D eigenvalue weighted by molar-refractivity contribution is 4.46. The van der Waals surface area contributed by atoms with Crippen molar-refractivity contribution in [2.45, 2.75) is 32.4 Å². The van der Waals surface area contributed by atoms with Crippen LogP contribution in [0.2, 0.25) is 0 Å². The molecule has 0 aromatic carbocycles. The van der Waals surface area contributed by atoms with Gasteiger partial charge in [0.1, 0.15) is 0 Å². The molecule has 0 amide bonds. The first-order valence-electron chi connectivity index (χ1n) is 2.99. The molecule has 0 spiro atoms. The molecule has 0 saturated heterocycles. The Balaban J connectivity index is 2.72. The Morgan fingerprint density at radius 3 is 2.50 bits per heavy atom. The van der Waals surface area contributed by atoms with Gasteiger partial charge in [-0.3, -0.25) is 0 Å². The van der Waals surface area contributed by atoms with Crippen molar-refractivity contribution in [3.63, 3.8) is 0 Å². The fourth-order valence-corrected chi connectivity index (χ4v) is 0.528. The Hall–Kier alpha value is -0.110. The summed E-state index contributed by atoms with van der Waals surface area (Å²) in [4.78, 5) is 0. The van der Waals surface area contributed by atoms with E-state index < -0.39 is 6.17 Å². The third-order valence-electron chi connectivity index (χ3n) is 0.996. The monoisotopic (exact) mass is 119 g/mol. The number of alkyl halides is 1. The summed E-state index contributed by atoms with van der Waals surface area (Å²) < 4.78 is 11.9. The lowest BCUT2D eigenvalue weighted by Gasteiger charge is -1.96. The van der Waals surface area contributed by atoms with E-state index in [0.717, 1.165) is 6.42 Å². The topological polar surface area (TPSA) is 19.9 Å². The molecule has 1 radical (unpaired) electrons. The van der Waals surface area contributed by atoms with E-state index in [0.29, 0.717) is 12.8 Å². The van der Waals surface area contributed by atoms with Crippen LogP contribution in [0.4, 0.5) is 4.39 Å². The number of unbranched alkanes of at least 4 members (excludes halogenated alkanes) is 1. The third-order valence-corrected chi connectivity index (χ3v) is 0.996. The molecule has 2 heteroatoms. The molecule has 0 fully saturated rings. The van der Waals surface area contributed by atoms with Crippen LogP contribution in [-0.4, -0.2) is 12.8 Å². The molecule has 49 valence electrons. The lowest BCUT2D eigenvalue weighted by molar-refractivity contribution is 0.182. The van der Waals surface area contributed by atoms with Gasteiger partial charge in [-0.1, -0.05) is 0 Å². The molecule has 0 rings (SSSR count). The summed E-state index contributed by atoms with van der Waals surface area (Å²) in [5, 5.41) is 9.79. The Bertz CT molecular complexity index is 45.8. The summed E-state index contributed by atoms with van der Waals surface area (Å²) in [6.45, 7) is 1.46. The van der Waals surface area contributed by atoms with E-state index in [4.69, 9.17) is 0 Å². The van der Waals surface area contributed by atoms with Gasteiger partial charge in [0, 0.05) is 0 Å². The van der Waals surface area contributed by atoms with Crippen molar-refractivity contribution in [1.29, 1.82) is 0 Å². The van der Waals surface area contributed by atoms with Crippen molar-refractivity contribution < 1.29 is 9.50 Å². The zero-order chi connectivity index (χ0) is 6.41. The van der Waals surface area contributed by atoms with Gasteiger partial charge < -0.3 is 0 Å². The van der Waals surface area contributed by atoms with Crippen LogP contribution in [0, 0.1) is 0 Å². The minimum atomic E-state index is -0.735. The van der Waals surface area contributed by atoms with Crippen LogP contribution in [0.1, 0.15) is 26.2 Å². The molecule has 1 nitrogen and oxygen atoms in total. The Kier molecular flexibility index (Phi) is 4.97. The van der Waals surface area contributed by atoms with Crippen LogP contribution in [-0.2, 0) is 5.11 Å². The van der Waals surface area contributed by atoms with Gasteiger partial charge in [-0.25, -0.2) is 9.50 Å². The smallest absolute Gasteiger partial charge is 0.0973 e. The molecule has 0 aromatic heterocycles. The zero-order valence-corrected chi connectivity index (χ0v) is 5.19. The van der Waals surface area contributed by atoms with Crippen LogP contribution in [0.5, 0.6) is 0 Å². The number of halogens is 1. The van der Waals surface area contributed by atoms with Crippen molar-refractivity contribution in [2.24, 2.45) is 0 Å². The number of hydrogen-bond donors (Lipinski definition) is 0. The van der Waals surface area contributed by atoms with Gasteiger partial charge in [-0.05, 0) is 26.2 Å². The van der Waals surface area contributed by atoms with Gasteiger partial charge in [0.15, 0.2) is 0 Å². The van der Waals surface area contributed by atoms with Crippen molar-refractivity contribution in [2.75, 3.05) is 6.61 Å². The molecule has 1 unspecified atom stereocenters. The first-order chi connectivity index (χ1) is 3.77. The molecular formula is C6H12FO. The third kappa shape index (κ3) is 5.89. The van der Waals surface area contributed by atoms with Crippen LogP contribution in [0.3, 0.4) is 0 Å². The van der Waals surface area contributed by atoms with Crippen molar-refractivity contribution in [3.8, 4) is 0 Å². The maximum Gasteiger partial charge on any atom is 0.0973 e. The van der Waals surface area contributed by atoms with E-state index in [1.54, 1.807) is 0 Å². The summed E-state index contributed by atoms with van der Waals surface area (Å²) in [5.74, 6) is 0. The maximum absolute atomic E-state index is 11.9. The van der Waals surface area contributed by atoms with Gasteiger partial charge in [0.05, 0.1) is 12.8 Å². The summed E-state index contributed by atoms with van der Waals surface area (Å²) in [7, 11) is 0. The second-order valence-corrected chi connectivity index (χ2v) is 1.98. The molecular weight excluding hydrogens is 107 g/mol. The summed E-state index contributed by atoms with van der Waals surface area (Å²) in [5.41, 5.74) is 0. The van der Waals surface area contributed by atoms with E-state index in [9.17, 15) is 9.50 Å². The number of rotatable bonds is 4. The highest BCUT2D eigenvalue weighted by Gasteiger charge is 1.95. The summed E-state index contributed by atoms with van der Waals surface area (Å²) in [6, 6.07) is 0. The predicted molar refractivity (Wildman–Crippen MR) is 30.0 cm³/mol. The molecule has 0 bridgehead atoms. The van der Waals surface area contributed by atoms with E-state index in [1.807, 2.05) is 0 Å². The number of hydrogen-bond acceptors (Lipinski definition) is 0. The quantitative estimate of drug-likeness (QED) is 0.504. The van der Waals surface area contributed by atoms with Gasteiger partial charge in [0.2, 0.25) is 0 Å².